The number of nitrogens with zero attached hydrogens (tertiary/aromatic N) is 3. The Morgan fingerprint density at radius 1 is 1.10 bits per heavy atom. The molecule has 1 amide bonds. The zero-order valence-electron chi connectivity index (χ0n) is 16.8. The van der Waals surface area contributed by atoms with Crippen molar-refractivity contribution in [3.63, 3.8) is 0 Å². The van der Waals surface area contributed by atoms with Crippen LogP contribution in [0.3, 0.4) is 0 Å². The molecule has 0 radical (unpaired) electrons. The van der Waals surface area contributed by atoms with Gasteiger partial charge < -0.3 is 4.90 Å². The molecule has 0 aliphatic heterocycles. The summed E-state index contributed by atoms with van der Waals surface area (Å²) in [6.07, 6.45) is 1.12. The van der Waals surface area contributed by atoms with Crippen molar-refractivity contribution in [2.45, 2.75) is 17.7 Å². The number of halogens is 3. The molecule has 1 aromatic heterocycles. The molecule has 0 aliphatic carbocycles. The van der Waals surface area contributed by atoms with E-state index in [-0.39, 0.29) is 29.9 Å². The van der Waals surface area contributed by atoms with E-state index in [0.29, 0.717) is 29.4 Å². The highest BCUT2D eigenvalue weighted by molar-refractivity contribution is 7.99. The molecule has 0 bridgehead atoms. The third-order valence-corrected chi connectivity index (χ3v) is 6.33. The zero-order chi connectivity index (χ0) is 20.8. The van der Waals surface area contributed by atoms with Gasteiger partial charge in [0.25, 0.3) is 0 Å². The predicted molar refractivity (Wildman–Crippen MR) is 124 cm³/mol. The van der Waals surface area contributed by atoms with Gasteiger partial charge in [0.1, 0.15) is 17.2 Å². The maximum Gasteiger partial charge on any atom is 0.229 e. The maximum absolute atomic E-state index is 14.0. The molecule has 0 saturated heterocycles. The first-order chi connectivity index (χ1) is 13.9. The lowest BCUT2D eigenvalue weighted by molar-refractivity contribution is -0.118. The molecule has 162 valence electrons. The molecule has 0 spiro atoms. The maximum atomic E-state index is 14.0. The highest BCUT2D eigenvalue weighted by atomic mass is 35.5. The number of aromatic nitrogens is 1. The molecule has 4 nitrogen and oxygen atoms in total. The zero-order valence-corrected chi connectivity index (χ0v) is 19.3. The van der Waals surface area contributed by atoms with Crippen LogP contribution in [-0.2, 0) is 4.79 Å². The van der Waals surface area contributed by atoms with E-state index >= 15 is 0 Å². The smallest absolute Gasteiger partial charge is 0.229 e. The Kier molecular flexibility index (Phi) is 9.48. The normalized spacial score (nSPS) is 11.0. The van der Waals surface area contributed by atoms with E-state index in [1.54, 1.807) is 23.1 Å². The minimum Gasteiger partial charge on any atom is -0.309 e. The summed E-state index contributed by atoms with van der Waals surface area (Å²) in [6.45, 7) is 1.37. The van der Waals surface area contributed by atoms with Gasteiger partial charge in [-0.3, -0.25) is 9.69 Å². The monoisotopic (exact) mass is 471 g/mol. The van der Waals surface area contributed by atoms with Gasteiger partial charge in [-0.15, -0.1) is 24.2 Å². The molecule has 30 heavy (non-hydrogen) atoms. The Morgan fingerprint density at radius 3 is 2.50 bits per heavy atom. The van der Waals surface area contributed by atoms with Gasteiger partial charge in [-0.1, -0.05) is 17.4 Å². The Bertz CT molecular complexity index is 967. The summed E-state index contributed by atoms with van der Waals surface area (Å²) < 4.78 is 27.8. The second-order valence-corrected chi connectivity index (χ2v) is 9.02. The van der Waals surface area contributed by atoms with E-state index in [9.17, 15) is 13.6 Å². The highest BCUT2D eigenvalue weighted by Gasteiger charge is 2.20. The molecule has 2 aromatic carbocycles. The molecule has 9 heteroatoms. The minimum absolute atomic E-state index is 0. The van der Waals surface area contributed by atoms with Crippen LogP contribution in [0.4, 0.5) is 13.9 Å². The van der Waals surface area contributed by atoms with Gasteiger partial charge in [0, 0.05) is 23.6 Å². The largest absolute Gasteiger partial charge is 0.309 e. The lowest BCUT2D eigenvalue weighted by atomic mass is 10.3. The molecule has 3 rings (SSSR count). The molecule has 0 fully saturated rings. The molecule has 0 atom stereocenters. The summed E-state index contributed by atoms with van der Waals surface area (Å²) in [5.41, 5.74) is 0.304. The number of carbonyl (C=O) groups excluding carboxylic acids is 1. The van der Waals surface area contributed by atoms with Crippen LogP contribution < -0.4 is 4.90 Å². The number of benzene rings is 2. The number of hydrogen-bond acceptors (Lipinski definition) is 5. The highest BCUT2D eigenvalue weighted by Crippen LogP contribution is 2.31. The molecule has 0 N–H and O–H groups in total. The summed E-state index contributed by atoms with van der Waals surface area (Å²) in [5, 5.41) is 0.528. The number of para-hydroxylation sites is 1. The van der Waals surface area contributed by atoms with Gasteiger partial charge in [0.15, 0.2) is 5.13 Å². The standard InChI is InChI=1S/C21H23F2N3OS2.ClH/c1-25(2)12-4-13-26(21-24-20-17(23)5-3-6-18(20)29-21)19(27)11-14-28-16-9-7-15(22)8-10-16;/h3,5-10H,4,11-14H2,1-2H3;1H. The molecule has 0 unspecified atom stereocenters. The van der Waals surface area contributed by atoms with E-state index in [4.69, 9.17) is 0 Å². The quantitative estimate of drug-likeness (QED) is 0.388. The fraction of sp³-hybridized carbons (Fsp3) is 0.333. The van der Waals surface area contributed by atoms with Crippen LogP contribution in [0.1, 0.15) is 12.8 Å². The van der Waals surface area contributed by atoms with Crippen molar-refractivity contribution in [2.75, 3.05) is 37.8 Å². The van der Waals surface area contributed by atoms with E-state index < -0.39 is 0 Å². The van der Waals surface area contributed by atoms with Crippen LogP contribution >= 0.6 is 35.5 Å². The molecular weight excluding hydrogens is 448 g/mol. The summed E-state index contributed by atoms with van der Waals surface area (Å²) in [4.78, 5) is 22.0. The number of carbonyl (C=O) groups is 1. The van der Waals surface area contributed by atoms with Crippen molar-refractivity contribution in [2.24, 2.45) is 0 Å². The first kappa shape index (κ1) is 24.5. The van der Waals surface area contributed by atoms with Gasteiger partial charge in [-0.25, -0.2) is 13.8 Å². The van der Waals surface area contributed by atoms with E-state index in [0.717, 1.165) is 22.6 Å². The van der Waals surface area contributed by atoms with Crippen molar-refractivity contribution < 1.29 is 13.6 Å². The average Bonchev–Trinajstić information content (AvgIpc) is 3.12. The van der Waals surface area contributed by atoms with Crippen molar-refractivity contribution >= 4 is 56.8 Å². The van der Waals surface area contributed by atoms with Gasteiger partial charge in [0.2, 0.25) is 5.91 Å². The first-order valence-corrected chi connectivity index (χ1v) is 11.1. The number of thioether (sulfide) groups is 1. The van der Waals surface area contributed by atoms with Crippen LogP contribution in [0.15, 0.2) is 47.4 Å². The topological polar surface area (TPSA) is 36.4 Å². The number of rotatable bonds is 9. The van der Waals surface area contributed by atoms with E-state index in [1.807, 2.05) is 20.2 Å². The lowest BCUT2D eigenvalue weighted by Crippen LogP contribution is -2.33. The van der Waals surface area contributed by atoms with E-state index in [2.05, 4.69) is 9.88 Å². The summed E-state index contributed by atoms with van der Waals surface area (Å²) >= 11 is 2.84. The molecule has 1 heterocycles. The third-order valence-electron chi connectivity index (χ3n) is 4.28. The van der Waals surface area contributed by atoms with Gasteiger partial charge in [-0.2, -0.15) is 0 Å². The molecule has 0 aliphatic rings. The average molecular weight is 472 g/mol. The van der Waals surface area contributed by atoms with Crippen molar-refractivity contribution in [1.82, 2.24) is 9.88 Å². The second-order valence-electron chi connectivity index (χ2n) is 6.84. The predicted octanol–water partition coefficient (Wildman–Crippen LogP) is 5.46. The molecule has 0 saturated carbocycles. The van der Waals surface area contributed by atoms with Gasteiger partial charge in [-0.05, 0) is 63.5 Å². The summed E-state index contributed by atoms with van der Waals surface area (Å²) in [6, 6.07) is 11.1. The Morgan fingerprint density at radius 2 is 1.83 bits per heavy atom. The number of thiazole rings is 1. The Labute approximate surface area is 189 Å². The second kappa shape index (κ2) is 11.6. The van der Waals surface area contributed by atoms with Crippen molar-refractivity contribution in [3.05, 3.63) is 54.1 Å². The van der Waals surface area contributed by atoms with E-state index in [1.165, 1.54) is 41.3 Å². The number of anilines is 1. The fourth-order valence-electron chi connectivity index (χ4n) is 2.81. The fourth-order valence-corrected chi connectivity index (χ4v) is 4.68. The lowest BCUT2D eigenvalue weighted by Gasteiger charge is -2.21. The molecule has 3 aromatic rings. The van der Waals surface area contributed by atoms with Crippen LogP contribution in [0.2, 0.25) is 0 Å². The number of fused-ring (bicyclic) bond motifs is 1. The van der Waals surface area contributed by atoms with Crippen molar-refractivity contribution in [3.8, 4) is 0 Å². The van der Waals surface area contributed by atoms with Gasteiger partial charge >= 0.3 is 0 Å². The SMILES string of the molecule is CN(C)CCCN(C(=O)CCSc1ccc(F)cc1)c1nc2c(F)cccc2s1.Cl. The van der Waals surface area contributed by atoms with Crippen LogP contribution in [0, 0.1) is 11.6 Å². The first-order valence-electron chi connectivity index (χ1n) is 9.32. The summed E-state index contributed by atoms with van der Waals surface area (Å²) in [5.74, 6) is -0.121. The third kappa shape index (κ3) is 6.63. The van der Waals surface area contributed by atoms with Crippen molar-refractivity contribution in [1.29, 1.82) is 0 Å². The number of hydrogen-bond donors (Lipinski definition) is 0. The number of amides is 1. The minimum atomic E-state index is -0.377. The Hall–Kier alpha value is -1.74. The van der Waals surface area contributed by atoms with Crippen LogP contribution in [0.5, 0.6) is 0 Å². The van der Waals surface area contributed by atoms with Crippen LogP contribution in [-0.4, -0.2) is 48.7 Å². The molecular formula is C21H24ClF2N3OS2. The Balaban J connectivity index is 0.00000320. The summed E-state index contributed by atoms with van der Waals surface area (Å²) in [7, 11) is 3.97. The van der Waals surface area contributed by atoms with Gasteiger partial charge in [0.05, 0.1) is 4.70 Å². The van der Waals surface area contributed by atoms with Crippen LogP contribution in [0.25, 0.3) is 10.2 Å².